The maximum Gasteiger partial charge on any atom is 0.254 e. The van der Waals surface area contributed by atoms with E-state index in [1.165, 1.54) is 0 Å². The van der Waals surface area contributed by atoms with E-state index in [4.69, 9.17) is 14.2 Å². The molecule has 0 radical (unpaired) electrons. The minimum Gasteiger partial charge on any atom is -0.494 e. The summed E-state index contributed by atoms with van der Waals surface area (Å²) in [4.78, 5) is 27.8. The van der Waals surface area contributed by atoms with Gasteiger partial charge in [0.05, 0.1) is 6.61 Å². The minimum atomic E-state index is -0.602. The Morgan fingerprint density at radius 3 is 2.41 bits per heavy atom. The summed E-state index contributed by atoms with van der Waals surface area (Å²) < 4.78 is 18.4. The van der Waals surface area contributed by atoms with Gasteiger partial charge in [0.15, 0.2) is 17.6 Å². The second kappa shape index (κ2) is 11.0. The van der Waals surface area contributed by atoms with Gasteiger partial charge in [-0.2, -0.15) is 0 Å². The third kappa shape index (κ3) is 6.03. The number of carbonyl (C=O) groups is 2. The maximum absolute atomic E-state index is 13.4. The van der Waals surface area contributed by atoms with Crippen LogP contribution in [0.2, 0.25) is 0 Å². The van der Waals surface area contributed by atoms with Gasteiger partial charge in [0, 0.05) is 25.6 Å². The lowest BCUT2D eigenvalue weighted by Gasteiger charge is -2.37. The molecule has 1 unspecified atom stereocenters. The summed E-state index contributed by atoms with van der Waals surface area (Å²) in [6, 6.07) is 20.3. The van der Waals surface area contributed by atoms with Gasteiger partial charge in [-0.3, -0.25) is 9.59 Å². The highest BCUT2D eigenvalue weighted by Crippen LogP contribution is 2.41. The van der Waals surface area contributed by atoms with E-state index in [-0.39, 0.29) is 23.3 Å². The Kier molecular flexibility index (Phi) is 7.51. The fraction of sp³-hybridized carbons (Fsp3) is 0.375. The van der Waals surface area contributed by atoms with Gasteiger partial charge in [-0.1, -0.05) is 51.1 Å². The van der Waals surface area contributed by atoms with E-state index in [9.17, 15) is 9.59 Å². The molecule has 2 heterocycles. The van der Waals surface area contributed by atoms with Crippen molar-refractivity contribution >= 4 is 11.8 Å². The van der Waals surface area contributed by atoms with Gasteiger partial charge in [-0.05, 0) is 64.9 Å². The van der Waals surface area contributed by atoms with Gasteiger partial charge in [0.1, 0.15) is 18.4 Å². The number of hydrogen-bond donors (Lipinski definition) is 1. The van der Waals surface area contributed by atoms with Crippen LogP contribution >= 0.6 is 0 Å². The van der Waals surface area contributed by atoms with Crippen LogP contribution in [0.25, 0.3) is 0 Å². The largest absolute Gasteiger partial charge is 0.494 e. The van der Waals surface area contributed by atoms with Crippen LogP contribution in [-0.2, 0) is 17.8 Å². The molecule has 0 saturated carbocycles. The molecule has 3 aromatic carbocycles. The number of benzene rings is 3. The van der Waals surface area contributed by atoms with Gasteiger partial charge in [0.25, 0.3) is 5.91 Å². The van der Waals surface area contributed by atoms with Crippen molar-refractivity contribution in [2.24, 2.45) is 5.41 Å². The molecule has 3 aromatic rings. The molecule has 0 aromatic heterocycles. The van der Waals surface area contributed by atoms with Crippen LogP contribution in [0.3, 0.4) is 0 Å². The van der Waals surface area contributed by atoms with E-state index < -0.39 is 6.04 Å². The Bertz CT molecular complexity index is 1330. The summed E-state index contributed by atoms with van der Waals surface area (Å²) in [5.41, 5.74) is 3.72. The average Bonchev–Trinajstić information content (AvgIpc) is 2.94. The fourth-order valence-corrected chi connectivity index (χ4v) is 4.93. The smallest absolute Gasteiger partial charge is 0.254 e. The zero-order valence-electron chi connectivity index (χ0n) is 23.0. The number of ether oxygens (including phenoxy) is 3. The summed E-state index contributed by atoms with van der Waals surface area (Å²) in [5.74, 6) is 1.77. The summed E-state index contributed by atoms with van der Waals surface area (Å²) >= 11 is 0. The SMILES string of the molecule is CNC(=O)C1Cc2cc3c(cc2CN1C(=O)c1ccccc1)O[C@@H](c1ccc(OCCC(C)(C)C)cc1)CO3. The molecule has 2 aliphatic rings. The highest BCUT2D eigenvalue weighted by atomic mass is 16.6. The van der Waals surface area contributed by atoms with Gasteiger partial charge >= 0.3 is 0 Å². The van der Waals surface area contributed by atoms with Crippen molar-refractivity contribution in [1.29, 1.82) is 0 Å². The zero-order valence-corrected chi connectivity index (χ0v) is 23.0. The molecule has 0 bridgehead atoms. The summed E-state index contributed by atoms with van der Waals surface area (Å²) in [7, 11) is 1.59. The summed E-state index contributed by atoms with van der Waals surface area (Å²) in [6.07, 6.45) is 1.13. The first kappa shape index (κ1) is 26.6. The van der Waals surface area contributed by atoms with Crippen molar-refractivity contribution in [3.63, 3.8) is 0 Å². The van der Waals surface area contributed by atoms with Crippen LogP contribution in [0, 0.1) is 5.41 Å². The van der Waals surface area contributed by atoms with Crippen molar-refractivity contribution in [1.82, 2.24) is 10.2 Å². The molecular formula is C32H36N2O5. The quantitative estimate of drug-likeness (QED) is 0.468. The molecule has 2 atom stereocenters. The van der Waals surface area contributed by atoms with Crippen LogP contribution < -0.4 is 19.5 Å². The highest BCUT2D eigenvalue weighted by Gasteiger charge is 2.36. The summed E-state index contributed by atoms with van der Waals surface area (Å²) in [5, 5.41) is 2.71. The number of hydrogen-bond acceptors (Lipinski definition) is 5. The van der Waals surface area contributed by atoms with E-state index in [1.54, 1.807) is 24.1 Å². The van der Waals surface area contributed by atoms with E-state index in [2.05, 4.69) is 26.1 Å². The standard InChI is InChI=1S/C32H36N2O5/c1-32(2,3)14-15-37-25-12-10-21(11-13-25)29-20-38-27-17-23-16-26(30(35)33-4)34(19-24(23)18-28(27)39-29)31(36)22-8-6-5-7-9-22/h5-13,17-18,26,29H,14-16,19-20H2,1-4H3,(H,33,35)/t26?,29-/m1/s1. The van der Waals surface area contributed by atoms with E-state index in [1.807, 2.05) is 54.6 Å². The highest BCUT2D eigenvalue weighted by molar-refractivity contribution is 5.98. The lowest BCUT2D eigenvalue weighted by Crippen LogP contribution is -2.52. The molecule has 0 spiro atoms. The maximum atomic E-state index is 13.4. The predicted octanol–water partition coefficient (Wildman–Crippen LogP) is 5.33. The van der Waals surface area contributed by atoms with Crippen LogP contribution in [0.1, 0.15) is 60.3 Å². The molecule has 0 saturated heterocycles. The number of amides is 2. The number of nitrogens with one attached hydrogen (secondary N) is 1. The lowest BCUT2D eigenvalue weighted by atomic mass is 9.92. The normalized spacial score (nSPS) is 18.2. The Labute approximate surface area is 230 Å². The Morgan fingerprint density at radius 2 is 1.72 bits per heavy atom. The van der Waals surface area contributed by atoms with Crippen LogP contribution in [0.5, 0.6) is 17.2 Å². The van der Waals surface area contributed by atoms with Crippen molar-refractivity contribution in [2.75, 3.05) is 20.3 Å². The minimum absolute atomic E-state index is 0.174. The molecule has 204 valence electrons. The number of likely N-dealkylation sites (N-methyl/N-ethyl adjacent to an activating group) is 1. The van der Waals surface area contributed by atoms with Crippen LogP contribution in [0.15, 0.2) is 66.7 Å². The molecular weight excluding hydrogens is 492 g/mol. The molecule has 1 N–H and O–H groups in total. The predicted molar refractivity (Wildman–Crippen MR) is 149 cm³/mol. The van der Waals surface area contributed by atoms with Gasteiger partial charge in [-0.25, -0.2) is 0 Å². The molecule has 39 heavy (non-hydrogen) atoms. The summed E-state index contributed by atoms with van der Waals surface area (Å²) in [6.45, 7) is 7.97. The molecule has 7 nitrogen and oxygen atoms in total. The van der Waals surface area contributed by atoms with Crippen molar-refractivity contribution in [3.8, 4) is 17.2 Å². The lowest BCUT2D eigenvalue weighted by molar-refractivity contribution is -0.125. The molecule has 0 aliphatic carbocycles. The third-order valence-electron chi connectivity index (χ3n) is 7.26. The van der Waals surface area contributed by atoms with Gasteiger partial charge in [-0.15, -0.1) is 0 Å². The first-order valence-electron chi connectivity index (χ1n) is 13.5. The fourth-order valence-electron chi connectivity index (χ4n) is 4.93. The van der Waals surface area contributed by atoms with E-state index in [0.717, 1.165) is 28.9 Å². The molecule has 5 rings (SSSR count). The van der Waals surface area contributed by atoms with E-state index in [0.29, 0.717) is 43.2 Å². The van der Waals surface area contributed by atoms with Crippen molar-refractivity contribution in [3.05, 3.63) is 89.0 Å². The second-order valence-corrected chi connectivity index (χ2v) is 11.3. The van der Waals surface area contributed by atoms with Crippen LogP contribution in [0.4, 0.5) is 0 Å². The van der Waals surface area contributed by atoms with Crippen LogP contribution in [-0.4, -0.2) is 43.0 Å². The molecule has 2 amide bonds. The first-order valence-corrected chi connectivity index (χ1v) is 13.5. The third-order valence-corrected chi connectivity index (χ3v) is 7.26. The first-order chi connectivity index (χ1) is 18.7. The molecule has 2 aliphatic heterocycles. The second-order valence-electron chi connectivity index (χ2n) is 11.3. The number of carbonyl (C=O) groups excluding carboxylic acids is 2. The zero-order chi connectivity index (χ0) is 27.6. The average molecular weight is 529 g/mol. The Balaban J connectivity index is 1.33. The number of nitrogens with zero attached hydrogens (tertiary/aromatic N) is 1. The topological polar surface area (TPSA) is 77.1 Å². The van der Waals surface area contributed by atoms with Crippen molar-refractivity contribution in [2.45, 2.75) is 52.3 Å². The Hall–Kier alpha value is -4.00. The molecule has 0 fully saturated rings. The number of rotatable bonds is 6. The van der Waals surface area contributed by atoms with E-state index >= 15 is 0 Å². The number of fused-ring (bicyclic) bond motifs is 2. The van der Waals surface area contributed by atoms with Gasteiger partial charge in [0.2, 0.25) is 5.91 Å². The molecule has 7 heteroatoms. The Morgan fingerprint density at radius 1 is 1.00 bits per heavy atom. The van der Waals surface area contributed by atoms with Crippen molar-refractivity contribution < 1.29 is 23.8 Å². The van der Waals surface area contributed by atoms with Gasteiger partial charge < -0.3 is 24.4 Å². The monoisotopic (exact) mass is 528 g/mol.